The Kier molecular flexibility index (Phi) is 4.16. The fraction of sp³-hybridized carbons (Fsp3) is 0.600. The first-order valence-corrected chi connectivity index (χ1v) is 7.63. The number of anilines is 1. The van der Waals surface area contributed by atoms with Crippen molar-refractivity contribution in [2.75, 3.05) is 31.1 Å². The van der Waals surface area contributed by atoms with Crippen LogP contribution in [0.4, 0.5) is 5.82 Å². The van der Waals surface area contributed by atoms with Crippen molar-refractivity contribution in [1.29, 1.82) is 0 Å². The minimum Gasteiger partial charge on any atom is -0.356 e. The van der Waals surface area contributed by atoms with Gasteiger partial charge in [-0.2, -0.15) is 5.10 Å². The first kappa shape index (κ1) is 13.4. The third kappa shape index (κ3) is 2.93. The summed E-state index contributed by atoms with van der Waals surface area (Å²) in [4.78, 5) is 7.06. The van der Waals surface area contributed by atoms with Gasteiger partial charge < -0.3 is 10.2 Å². The highest BCUT2D eigenvalue weighted by Crippen LogP contribution is 2.21. The van der Waals surface area contributed by atoms with Crippen molar-refractivity contribution in [3.8, 4) is 0 Å². The molecule has 5 nitrogen and oxygen atoms in total. The van der Waals surface area contributed by atoms with Gasteiger partial charge in [0, 0.05) is 25.4 Å². The molecule has 3 heterocycles. The van der Waals surface area contributed by atoms with Crippen LogP contribution >= 0.6 is 0 Å². The minimum atomic E-state index is 0.816. The number of hydrogen-bond acceptors (Lipinski definition) is 4. The average Bonchev–Trinajstić information content (AvgIpc) is 2.96. The molecule has 1 fully saturated rings. The molecule has 0 atom stereocenters. The van der Waals surface area contributed by atoms with Crippen LogP contribution in [0.2, 0.25) is 0 Å². The molecule has 1 saturated heterocycles. The van der Waals surface area contributed by atoms with E-state index >= 15 is 0 Å². The molecule has 0 amide bonds. The first-order valence-electron chi connectivity index (χ1n) is 7.63. The summed E-state index contributed by atoms with van der Waals surface area (Å²) in [6.07, 6.45) is 7.50. The van der Waals surface area contributed by atoms with Crippen LogP contribution in [-0.4, -0.2) is 40.8 Å². The van der Waals surface area contributed by atoms with Crippen LogP contribution in [0.1, 0.15) is 26.2 Å². The molecule has 20 heavy (non-hydrogen) atoms. The smallest absolute Gasteiger partial charge is 0.157 e. The van der Waals surface area contributed by atoms with Crippen molar-refractivity contribution < 1.29 is 0 Å². The van der Waals surface area contributed by atoms with Gasteiger partial charge in [-0.25, -0.2) is 9.50 Å². The molecule has 1 N–H and O–H groups in total. The second-order valence-electron chi connectivity index (χ2n) is 5.55. The van der Waals surface area contributed by atoms with Crippen molar-refractivity contribution in [3.05, 3.63) is 24.5 Å². The van der Waals surface area contributed by atoms with Crippen molar-refractivity contribution in [2.45, 2.75) is 26.2 Å². The van der Waals surface area contributed by atoms with E-state index in [1.165, 1.54) is 19.3 Å². The molecule has 0 spiro atoms. The highest BCUT2D eigenvalue weighted by Gasteiger charge is 2.19. The third-order valence-corrected chi connectivity index (χ3v) is 4.04. The Morgan fingerprint density at radius 2 is 2.15 bits per heavy atom. The zero-order valence-corrected chi connectivity index (χ0v) is 12.1. The van der Waals surface area contributed by atoms with Crippen LogP contribution in [0.15, 0.2) is 24.5 Å². The summed E-state index contributed by atoms with van der Waals surface area (Å²) in [5.41, 5.74) is 0.925. The second-order valence-corrected chi connectivity index (χ2v) is 5.55. The van der Waals surface area contributed by atoms with E-state index < -0.39 is 0 Å². The lowest BCUT2D eigenvalue weighted by atomic mass is 9.97. The lowest BCUT2D eigenvalue weighted by Crippen LogP contribution is -2.37. The Morgan fingerprint density at radius 1 is 1.30 bits per heavy atom. The molecule has 2 aromatic heterocycles. The zero-order valence-electron chi connectivity index (χ0n) is 12.1. The van der Waals surface area contributed by atoms with Gasteiger partial charge in [-0.05, 0) is 44.3 Å². The highest BCUT2D eigenvalue weighted by molar-refractivity contribution is 5.47. The van der Waals surface area contributed by atoms with Crippen molar-refractivity contribution in [1.82, 2.24) is 19.9 Å². The quantitative estimate of drug-likeness (QED) is 0.846. The van der Waals surface area contributed by atoms with E-state index in [9.17, 15) is 0 Å². The molecule has 5 heteroatoms. The molecule has 0 aliphatic carbocycles. The van der Waals surface area contributed by atoms with Crippen LogP contribution < -0.4 is 10.2 Å². The Balaban J connectivity index is 1.57. The molecular formula is C15H23N5. The van der Waals surface area contributed by atoms with E-state index in [1.54, 1.807) is 6.20 Å². The van der Waals surface area contributed by atoms with Gasteiger partial charge in [-0.3, -0.25) is 0 Å². The van der Waals surface area contributed by atoms with Gasteiger partial charge in [0.15, 0.2) is 5.65 Å². The molecule has 1 aliphatic heterocycles. The van der Waals surface area contributed by atoms with E-state index in [2.05, 4.69) is 33.3 Å². The van der Waals surface area contributed by atoms with Gasteiger partial charge in [0.25, 0.3) is 0 Å². The summed E-state index contributed by atoms with van der Waals surface area (Å²) in [6, 6.07) is 4.01. The lowest BCUT2D eigenvalue weighted by Gasteiger charge is -2.32. The molecule has 0 saturated carbocycles. The molecule has 0 bridgehead atoms. The fourth-order valence-corrected chi connectivity index (χ4v) is 2.83. The Morgan fingerprint density at radius 3 is 2.95 bits per heavy atom. The maximum Gasteiger partial charge on any atom is 0.157 e. The molecule has 0 radical (unpaired) electrons. The highest BCUT2D eigenvalue weighted by atomic mass is 15.3. The van der Waals surface area contributed by atoms with E-state index in [1.807, 2.05) is 16.8 Å². The van der Waals surface area contributed by atoms with Gasteiger partial charge in [-0.15, -0.1) is 0 Å². The van der Waals surface area contributed by atoms with Crippen molar-refractivity contribution >= 4 is 11.5 Å². The van der Waals surface area contributed by atoms with Crippen molar-refractivity contribution in [3.63, 3.8) is 0 Å². The van der Waals surface area contributed by atoms with Gasteiger partial charge in [-0.1, -0.05) is 6.92 Å². The van der Waals surface area contributed by atoms with Gasteiger partial charge >= 0.3 is 0 Å². The van der Waals surface area contributed by atoms with E-state index in [0.29, 0.717) is 0 Å². The summed E-state index contributed by atoms with van der Waals surface area (Å²) in [7, 11) is 0. The topological polar surface area (TPSA) is 45.5 Å². The molecule has 1 aliphatic rings. The standard InChI is InChI=1S/C15H23N5/c1-2-7-16-12-13-4-9-19(10-5-13)14-6-11-20-15(18-14)3-8-17-20/h3,6,8,11,13,16H,2,4-5,7,9-10,12H2,1H3. The predicted octanol–water partition coefficient (Wildman–Crippen LogP) is 1.95. The monoisotopic (exact) mass is 273 g/mol. The summed E-state index contributed by atoms with van der Waals surface area (Å²) in [6.45, 7) is 6.73. The second kappa shape index (κ2) is 6.22. The van der Waals surface area contributed by atoms with Crippen LogP contribution in [0, 0.1) is 5.92 Å². The molecule has 2 aromatic rings. The number of aromatic nitrogens is 3. The van der Waals surface area contributed by atoms with Crippen LogP contribution in [-0.2, 0) is 0 Å². The number of hydrogen-bond donors (Lipinski definition) is 1. The number of piperidine rings is 1. The van der Waals surface area contributed by atoms with Gasteiger partial charge in [0.2, 0.25) is 0 Å². The zero-order chi connectivity index (χ0) is 13.8. The summed E-state index contributed by atoms with van der Waals surface area (Å²) < 4.78 is 1.81. The summed E-state index contributed by atoms with van der Waals surface area (Å²) >= 11 is 0. The molecule has 0 aromatic carbocycles. The predicted molar refractivity (Wildman–Crippen MR) is 81.1 cm³/mol. The van der Waals surface area contributed by atoms with Crippen LogP contribution in [0.25, 0.3) is 5.65 Å². The SMILES string of the molecule is CCCNCC1CCN(c2ccn3nccc3n2)CC1. The van der Waals surface area contributed by atoms with Crippen LogP contribution in [0.5, 0.6) is 0 Å². The van der Waals surface area contributed by atoms with E-state index in [0.717, 1.165) is 43.6 Å². The fourth-order valence-electron chi connectivity index (χ4n) is 2.83. The van der Waals surface area contributed by atoms with Gasteiger partial charge in [0.05, 0.1) is 6.20 Å². The normalized spacial score (nSPS) is 16.9. The van der Waals surface area contributed by atoms with Gasteiger partial charge in [0.1, 0.15) is 5.82 Å². The maximum atomic E-state index is 4.67. The lowest BCUT2D eigenvalue weighted by molar-refractivity contribution is 0.382. The number of fused-ring (bicyclic) bond motifs is 1. The Hall–Kier alpha value is -1.62. The van der Waals surface area contributed by atoms with E-state index in [4.69, 9.17) is 0 Å². The van der Waals surface area contributed by atoms with Crippen LogP contribution in [0.3, 0.4) is 0 Å². The number of rotatable bonds is 5. The first-order chi connectivity index (χ1) is 9.86. The average molecular weight is 273 g/mol. The summed E-state index contributed by atoms with van der Waals surface area (Å²) in [5.74, 6) is 1.90. The third-order valence-electron chi connectivity index (χ3n) is 4.04. The largest absolute Gasteiger partial charge is 0.356 e. The molecule has 108 valence electrons. The van der Waals surface area contributed by atoms with E-state index in [-0.39, 0.29) is 0 Å². The summed E-state index contributed by atoms with van der Waals surface area (Å²) in [5, 5.41) is 7.72. The minimum absolute atomic E-state index is 0.816. The molecule has 0 unspecified atom stereocenters. The molecule has 3 rings (SSSR count). The molecular weight excluding hydrogens is 250 g/mol. The van der Waals surface area contributed by atoms with Crippen molar-refractivity contribution in [2.24, 2.45) is 5.92 Å². The Bertz CT molecular complexity index is 542. The Labute approximate surface area is 120 Å². The maximum absolute atomic E-state index is 4.67. The number of nitrogens with one attached hydrogen (secondary N) is 1. The number of nitrogens with zero attached hydrogens (tertiary/aromatic N) is 4.